The molecule has 0 saturated carbocycles. The molecule has 2 aliphatic rings. The van der Waals surface area contributed by atoms with Crippen LogP contribution in [-0.4, -0.2) is 52.5 Å². The zero-order valence-electron chi connectivity index (χ0n) is 10.8. The van der Waals surface area contributed by atoms with Crippen molar-refractivity contribution in [3.8, 4) is 0 Å². The van der Waals surface area contributed by atoms with E-state index in [2.05, 4.69) is 20.9 Å². The fourth-order valence-corrected chi connectivity index (χ4v) is 3.23. The number of pyridine rings is 1. The van der Waals surface area contributed by atoms with E-state index in [1.165, 1.54) is 0 Å². The van der Waals surface area contributed by atoms with Crippen molar-refractivity contribution in [3.63, 3.8) is 0 Å². The smallest absolute Gasteiger partial charge is 0.339 e. The van der Waals surface area contributed by atoms with E-state index in [0.717, 1.165) is 6.42 Å². The molecule has 106 valence electrons. The average Bonchev–Trinajstić information content (AvgIpc) is 2.80. The largest absolute Gasteiger partial charge is 0.478 e. The van der Waals surface area contributed by atoms with Gasteiger partial charge in [0, 0.05) is 42.8 Å². The van der Waals surface area contributed by atoms with Crippen LogP contribution in [0.15, 0.2) is 16.7 Å². The van der Waals surface area contributed by atoms with Crippen molar-refractivity contribution in [2.75, 3.05) is 24.5 Å². The molecule has 0 aromatic carbocycles. The fraction of sp³-hybridized carbons (Fsp3) is 0.462. The quantitative estimate of drug-likeness (QED) is 0.880. The highest BCUT2D eigenvalue weighted by molar-refractivity contribution is 9.10. The molecule has 3 heterocycles. The molecule has 1 atom stereocenters. The van der Waals surface area contributed by atoms with Gasteiger partial charge in [0.15, 0.2) is 0 Å². The number of aromatic carboxylic acids is 1. The van der Waals surface area contributed by atoms with E-state index >= 15 is 0 Å². The first-order chi connectivity index (χ1) is 9.56. The number of amides is 1. The van der Waals surface area contributed by atoms with E-state index in [-0.39, 0.29) is 17.5 Å². The van der Waals surface area contributed by atoms with Gasteiger partial charge in [-0.3, -0.25) is 4.79 Å². The number of piperazine rings is 1. The van der Waals surface area contributed by atoms with Gasteiger partial charge >= 0.3 is 5.97 Å². The van der Waals surface area contributed by atoms with Crippen molar-refractivity contribution >= 4 is 33.6 Å². The molecular formula is C13H14BrN3O3. The van der Waals surface area contributed by atoms with Gasteiger partial charge in [-0.2, -0.15) is 0 Å². The number of nitrogens with zero attached hydrogens (tertiary/aromatic N) is 3. The summed E-state index contributed by atoms with van der Waals surface area (Å²) in [7, 11) is 0. The van der Waals surface area contributed by atoms with E-state index in [0.29, 0.717) is 36.3 Å². The van der Waals surface area contributed by atoms with Gasteiger partial charge in [0.05, 0.1) is 0 Å². The maximum Gasteiger partial charge on any atom is 0.339 e. The number of rotatable bonds is 2. The molecule has 1 unspecified atom stereocenters. The van der Waals surface area contributed by atoms with Crippen molar-refractivity contribution < 1.29 is 14.7 Å². The van der Waals surface area contributed by atoms with Gasteiger partial charge in [0.1, 0.15) is 11.4 Å². The van der Waals surface area contributed by atoms with Crippen LogP contribution in [0, 0.1) is 0 Å². The van der Waals surface area contributed by atoms with Gasteiger partial charge in [-0.15, -0.1) is 0 Å². The van der Waals surface area contributed by atoms with Crippen molar-refractivity contribution in [2.24, 2.45) is 0 Å². The van der Waals surface area contributed by atoms with E-state index in [9.17, 15) is 14.7 Å². The summed E-state index contributed by atoms with van der Waals surface area (Å²) in [5.74, 6) is -0.296. The number of carbonyl (C=O) groups excluding carboxylic acids is 1. The number of hydrogen-bond donors (Lipinski definition) is 1. The summed E-state index contributed by atoms with van der Waals surface area (Å²) in [6, 6.07) is 1.75. The molecule has 1 amide bonds. The van der Waals surface area contributed by atoms with Gasteiger partial charge in [-0.1, -0.05) is 0 Å². The monoisotopic (exact) mass is 339 g/mol. The third-order valence-corrected chi connectivity index (χ3v) is 4.29. The normalized spacial score (nSPS) is 22.1. The van der Waals surface area contributed by atoms with Crippen molar-refractivity contribution in [2.45, 2.75) is 18.9 Å². The first-order valence-corrected chi connectivity index (χ1v) is 7.29. The predicted octanol–water partition coefficient (Wildman–Crippen LogP) is 1.35. The second-order valence-corrected chi connectivity index (χ2v) is 5.97. The van der Waals surface area contributed by atoms with Crippen LogP contribution < -0.4 is 4.90 Å². The number of carbonyl (C=O) groups is 2. The highest BCUT2D eigenvalue weighted by atomic mass is 79.9. The van der Waals surface area contributed by atoms with Gasteiger partial charge in [-0.25, -0.2) is 9.78 Å². The fourth-order valence-electron chi connectivity index (χ4n) is 2.90. The molecule has 20 heavy (non-hydrogen) atoms. The second-order valence-electron chi connectivity index (χ2n) is 5.06. The molecule has 0 spiro atoms. The minimum Gasteiger partial charge on any atom is -0.478 e. The predicted molar refractivity (Wildman–Crippen MR) is 75.8 cm³/mol. The number of halogens is 1. The Morgan fingerprint density at radius 2 is 2.25 bits per heavy atom. The molecule has 6 nitrogen and oxygen atoms in total. The molecule has 1 aromatic heterocycles. The van der Waals surface area contributed by atoms with Crippen LogP contribution in [0.3, 0.4) is 0 Å². The molecule has 2 saturated heterocycles. The lowest BCUT2D eigenvalue weighted by molar-refractivity contribution is -0.129. The summed E-state index contributed by atoms with van der Waals surface area (Å²) >= 11 is 3.24. The lowest BCUT2D eigenvalue weighted by Crippen LogP contribution is -2.52. The van der Waals surface area contributed by atoms with E-state index in [1.54, 1.807) is 12.3 Å². The summed E-state index contributed by atoms with van der Waals surface area (Å²) in [5.41, 5.74) is 0.192. The molecule has 7 heteroatoms. The zero-order chi connectivity index (χ0) is 14.3. The zero-order valence-corrected chi connectivity index (χ0v) is 12.3. The molecule has 1 aromatic rings. The summed E-state index contributed by atoms with van der Waals surface area (Å²) in [6.07, 6.45) is 3.04. The first-order valence-electron chi connectivity index (χ1n) is 6.49. The second kappa shape index (κ2) is 5.05. The highest BCUT2D eigenvalue weighted by Gasteiger charge is 2.36. The molecule has 0 bridgehead atoms. The highest BCUT2D eigenvalue weighted by Crippen LogP contribution is 2.28. The van der Waals surface area contributed by atoms with Gasteiger partial charge in [0.25, 0.3) is 0 Å². The Morgan fingerprint density at radius 1 is 1.45 bits per heavy atom. The number of carboxylic acids is 1. The molecule has 2 fully saturated rings. The Hall–Kier alpha value is -1.63. The van der Waals surface area contributed by atoms with Gasteiger partial charge in [0.2, 0.25) is 5.91 Å². The average molecular weight is 340 g/mol. The van der Waals surface area contributed by atoms with Crippen LogP contribution in [0.2, 0.25) is 0 Å². The molecule has 0 aliphatic carbocycles. The minimum atomic E-state index is -0.987. The molecule has 2 aliphatic heterocycles. The Kier molecular flexibility index (Phi) is 3.37. The van der Waals surface area contributed by atoms with Crippen LogP contribution in [0.4, 0.5) is 5.82 Å². The molecule has 0 radical (unpaired) electrons. The Morgan fingerprint density at radius 3 is 3.00 bits per heavy atom. The molecular weight excluding hydrogens is 326 g/mol. The van der Waals surface area contributed by atoms with E-state index in [1.807, 2.05) is 9.80 Å². The van der Waals surface area contributed by atoms with E-state index < -0.39 is 5.97 Å². The number of aromatic nitrogens is 1. The van der Waals surface area contributed by atoms with Crippen molar-refractivity contribution in [1.82, 2.24) is 9.88 Å². The number of fused-ring (bicyclic) bond motifs is 1. The van der Waals surface area contributed by atoms with Crippen LogP contribution in [0.1, 0.15) is 23.2 Å². The number of carboxylic acid groups (broad SMARTS) is 1. The summed E-state index contributed by atoms with van der Waals surface area (Å²) in [4.78, 5) is 31.1. The standard InChI is InChI=1S/C13H14BrN3O3/c14-8-5-10(13(19)20)12(15-6-8)16-3-4-17-9(7-16)1-2-11(17)18/h5-6,9H,1-4,7H2,(H,19,20). The number of hydrogen-bond acceptors (Lipinski definition) is 4. The Labute approximate surface area is 124 Å². The van der Waals surface area contributed by atoms with Crippen LogP contribution in [0.5, 0.6) is 0 Å². The summed E-state index contributed by atoms with van der Waals surface area (Å²) in [5, 5.41) is 9.30. The lowest BCUT2D eigenvalue weighted by Gasteiger charge is -2.38. The van der Waals surface area contributed by atoms with E-state index in [4.69, 9.17) is 0 Å². The third-order valence-electron chi connectivity index (χ3n) is 3.86. The van der Waals surface area contributed by atoms with Crippen molar-refractivity contribution in [3.05, 3.63) is 22.3 Å². The minimum absolute atomic E-state index is 0.184. The Bertz CT molecular complexity index is 578. The first kappa shape index (κ1) is 13.4. The Balaban J connectivity index is 1.87. The van der Waals surface area contributed by atoms with Gasteiger partial charge in [-0.05, 0) is 28.4 Å². The number of anilines is 1. The maximum atomic E-state index is 11.7. The molecule has 3 rings (SSSR count). The van der Waals surface area contributed by atoms with Crippen LogP contribution in [-0.2, 0) is 4.79 Å². The SMILES string of the molecule is O=C(O)c1cc(Br)cnc1N1CCN2C(=O)CCC2C1. The molecule has 1 N–H and O–H groups in total. The lowest BCUT2D eigenvalue weighted by atomic mass is 10.1. The van der Waals surface area contributed by atoms with Crippen molar-refractivity contribution in [1.29, 1.82) is 0 Å². The summed E-state index contributed by atoms with van der Waals surface area (Å²) < 4.78 is 0.647. The van der Waals surface area contributed by atoms with Crippen LogP contribution in [0.25, 0.3) is 0 Å². The van der Waals surface area contributed by atoms with Crippen LogP contribution >= 0.6 is 15.9 Å². The van der Waals surface area contributed by atoms with Gasteiger partial charge < -0.3 is 14.9 Å². The third kappa shape index (κ3) is 2.26. The summed E-state index contributed by atoms with van der Waals surface area (Å²) in [6.45, 7) is 1.91. The maximum absolute atomic E-state index is 11.7. The topological polar surface area (TPSA) is 73.7 Å².